The van der Waals surface area contributed by atoms with Crippen molar-refractivity contribution in [2.45, 2.75) is 45.1 Å². The van der Waals surface area contributed by atoms with Crippen molar-refractivity contribution < 1.29 is 38.5 Å². The number of carbonyl (C=O) groups excluding carboxylic acids is 1. The van der Waals surface area contributed by atoms with Gasteiger partial charge in [-0.05, 0) is 48.6 Å². The molecule has 0 saturated carbocycles. The van der Waals surface area contributed by atoms with Crippen molar-refractivity contribution in [3.63, 3.8) is 0 Å². The number of hydrogen-bond acceptors (Lipinski definition) is 8. The van der Waals surface area contributed by atoms with Crippen molar-refractivity contribution in [3.8, 4) is 23.0 Å². The average Bonchev–Trinajstić information content (AvgIpc) is 3.55. The van der Waals surface area contributed by atoms with Crippen LogP contribution in [0.5, 0.6) is 23.0 Å². The summed E-state index contributed by atoms with van der Waals surface area (Å²) in [4.78, 5) is 34.0. The molecule has 1 amide bonds. The Labute approximate surface area is 229 Å². The predicted molar refractivity (Wildman–Crippen MR) is 143 cm³/mol. The van der Waals surface area contributed by atoms with Crippen LogP contribution in [0.1, 0.15) is 43.7 Å². The number of methoxy groups -OCH3 is 2. The Balaban J connectivity index is 1.71. The second-order valence-electron chi connectivity index (χ2n) is 9.77. The van der Waals surface area contributed by atoms with Crippen LogP contribution in [0.15, 0.2) is 36.4 Å². The molecule has 2 aromatic carbocycles. The molecule has 1 N–H and O–H groups in total. The Hall–Kier alpha value is -3.50. The van der Waals surface area contributed by atoms with Gasteiger partial charge in [-0.15, -0.1) is 0 Å². The van der Waals surface area contributed by atoms with E-state index in [1.165, 1.54) is 5.06 Å². The maximum absolute atomic E-state index is 13.4. The zero-order valence-electron chi connectivity index (χ0n) is 23.1. The van der Waals surface area contributed by atoms with E-state index < -0.39 is 23.8 Å². The number of aliphatic carboxylic acids is 1. The number of likely N-dealkylation sites (tertiary alicyclic amines) is 1. The minimum Gasteiger partial charge on any atom is -0.496 e. The van der Waals surface area contributed by atoms with Crippen molar-refractivity contribution in [1.82, 2.24) is 9.96 Å². The number of ether oxygens (including phenoxy) is 4. The Morgan fingerprint density at radius 1 is 1.08 bits per heavy atom. The third kappa shape index (κ3) is 6.23. The number of nitrogens with zero attached hydrogens (tertiary/aromatic N) is 2. The van der Waals surface area contributed by atoms with Gasteiger partial charge in [0.1, 0.15) is 5.75 Å². The highest BCUT2D eigenvalue weighted by molar-refractivity contribution is 5.78. The van der Waals surface area contributed by atoms with Crippen molar-refractivity contribution in [2.24, 2.45) is 5.92 Å². The van der Waals surface area contributed by atoms with Gasteiger partial charge in [0.15, 0.2) is 11.5 Å². The van der Waals surface area contributed by atoms with Crippen LogP contribution < -0.4 is 18.9 Å². The quantitative estimate of drug-likeness (QED) is 0.379. The zero-order chi connectivity index (χ0) is 27.9. The van der Waals surface area contributed by atoms with Crippen molar-refractivity contribution in [1.29, 1.82) is 0 Å². The van der Waals surface area contributed by atoms with Gasteiger partial charge < -0.3 is 24.1 Å². The van der Waals surface area contributed by atoms with Gasteiger partial charge >= 0.3 is 5.97 Å². The van der Waals surface area contributed by atoms with E-state index in [0.29, 0.717) is 49.1 Å². The van der Waals surface area contributed by atoms with E-state index in [2.05, 4.69) is 0 Å². The summed E-state index contributed by atoms with van der Waals surface area (Å²) in [5.41, 5.74) is 1.64. The minimum absolute atomic E-state index is 0.0332. The second-order valence-corrected chi connectivity index (χ2v) is 9.77. The van der Waals surface area contributed by atoms with Crippen molar-refractivity contribution in [3.05, 3.63) is 47.5 Å². The molecular weight excluding hydrogens is 504 g/mol. The van der Waals surface area contributed by atoms with E-state index in [1.807, 2.05) is 55.1 Å². The predicted octanol–water partition coefficient (Wildman–Crippen LogP) is 3.72. The standard InChI is InChI=1S/C29H38N2O8/c1-5-11-31(39-12-6-2)26(32)17-30-16-21(20-14-24(36-4)28-25(15-20)37-18-38-28)27(29(33)34)22(30)13-19-9-7-8-10-23(19)35-3/h7-10,14-15,21-22,27H,5-6,11-13,16-18H2,1-4H3,(H,33,34). The van der Waals surface area contributed by atoms with Crippen LogP contribution in [-0.4, -0.2) is 80.2 Å². The van der Waals surface area contributed by atoms with E-state index >= 15 is 0 Å². The van der Waals surface area contributed by atoms with Crippen LogP contribution in [0.3, 0.4) is 0 Å². The summed E-state index contributed by atoms with van der Waals surface area (Å²) in [6.45, 7) is 5.34. The zero-order valence-corrected chi connectivity index (χ0v) is 23.1. The van der Waals surface area contributed by atoms with Crippen LogP contribution >= 0.6 is 0 Å². The van der Waals surface area contributed by atoms with Crippen LogP contribution in [-0.2, 0) is 20.8 Å². The first-order valence-corrected chi connectivity index (χ1v) is 13.4. The normalized spacial score (nSPS) is 20.2. The molecule has 0 aromatic heterocycles. The van der Waals surface area contributed by atoms with E-state index in [1.54, 1.807) is 14.2 Å². The number of rotatable bonds is 13. The SMILES string of the molecule is CCCON(CCC)C(=O)CN1CC(c2cc(OC)c3c(c2)OCO3)C(C(=O)O)C1Cc1ccccc1OC. The number of hydroxylamine groups is 2. The highest BCUT2D eigenvalue weighted by atomic mass is 16.7. The molecule has 1 fully saturated rings. The van der Waals surface area contributed by atoms with E-state index in [0.717, 1.165) is 24.0 Å². The lowest BCUT2D eigenvalue weighted by Gasteiger charge is -2.29. The molecule has 0 bridgehead atoms. The van der Waals surface area contributed by atoms with E-state index in [-0.39, 0.29) is 19.2 Å². The van der Waals surface area contributed by atoms with Crippen molar-refractivity contribution in [2.75, 3.05) is 47.3 Å². The average molecular weight is 543 g/mol. The molecule has 1 saturated heterocycles. The highest BCUT2D eigenvalue weighted by Crippen LogP contribution is 2.47. The number of carbonyl (C=O) groups is 2. The molecule has 4 rings (SSSR count). The van der Waals surface area contributed by atoms with Gasteiger partial charge in [-0.2, -0.15) is 0 Å². The number of hydrogen-bond donors (Lipinski definition) is 1. The first-order valence-electron chi connectivity index (χ1n) is 13.4. The number of carboxylic acid groups (broad SMARTS) is 1. The van der Waals surface area contributed by atoms with Gasteiger partial charge in [-0.3, -0.25) is 19.3 Å². The smallest absolute Gasteiger partial charge is 0.308 e. The maximum atomic E-state index is 13.4. The van der Waals surface area contributed by atoms with Gasteiger partial charge in [0.25, 0.3) is 5.91 Å². The Morgan fingerprint density at radius 3 is 2.54 bits per heavy atom. The molecule has 0 radical (unpaired) electrons. The molecular formula is C29H38N2O8. The number of para-hydroxylation sites is 1. The summed E-state index contributed by atoms with van der Waals surface area (Å²) < 4.78 is 22.3. The molecule has 0 spiro atoms. The van der Waals surface area contributed by atoms with Gasteiger partial charge in [0.05, 0.1) is 33.3 Å². The molecule has 39 heavy (non-hydrogen) atoms. The van der Waals surface area contributed by atoms with E-state index in [4.69, 9.17) is 23.8 Å². The highest BCUT2D eigenvalue weighted by Gasteiger charge is 2.48. The summed E-state index contributed by atoms with van der Waals surface area (Å²) in [6, 6.07) is 10.7. The molecule has 3 atom stereocenters. The molecule has 3 unspecified atom stereocenters. The Kier molecular flexibility index (Phi) is 9.53. The van der Waals surface area contributed by atoms with Crippen LogP contribution in [0.4, 0.5) is 0 Å². The molecule has 2 aliphatic heterocycles. The number of benzene rings is 2. The largest absolute Gasteiger partial charge is 0.496 e. The van der Waals surface area contributed by atoms with Crippen LogP contribution in [0.25, 0.3) is 0 Å². The summed E-state index contributed by atoms with van der Waals surface area (Å²) in [6.07, 6.45) is 1.93. The molecule has 10 nitrogen and oxygen atoms in total. The fourth-order valence-corrected chi connectivity index (χ4v) is 5.46. The van der Waals surface area contributed by atoms with Gasteiger partial charge in [0, 0.05) is 25.0 Å². The summed E-state index contributed by atoms with van der Waals surface area (Å²) in [7, 11) is 3.14. The fourth-order valence-electron chi connectivity index (χ4n) is 5.46. The molecule has 2 aromatic rings. The lowest BCUT2D eigenvalue weighted by Crippen LogP contribution is -2.45. The van der Waals surface area contributed by atoms with Crippen molar-refractivity contribution >= 4 is 11.9 Å². The molecule has 2 aliphatic rings. The fraction of sp³-hybridized carbons (Fsp3) is 0.517. The van der Waals surface area contributed by atoms with Gasteiger partial charge in [0.2, 0.25) is 12.5 Å². The molecule has 212 valence electrons. The maximum Gasteiger partial charge on any atom is 0.308 e. The first-order chi connectivity index (χ1) is 18.9. The number of fused-ring (bicyclic) bond motifs is 1. The Morgan fingerprint density at radius 2 is 1.85 bits per heavy atom. The monoisotopic (exact) mass is 542 g/mol. The lowest BCUT2D eigenvalue weighted by molar-refractivity contribution is -0.188. The second kappa shape index (κ2) is 13.0. The minimum atomic E-state index is -0.931. The van der Waals surface area contributed by atoms with Crippen LogP contribution in [0.2, 0.25) is 0 Å². The van der Waals surface area contributed by atoms with E-state index in [9.17, 15) is 14.7 Å². The third-order valence-corrected chi connectivity index (χ3v) is 7.26. The number of amides is 1. The number of carboxylic acids is 1. The van der Waals surface area contributed by atoms with Gasteiger partial charge in [-0.1, -0.05) is 32.0 Å². The lowest BCUT2D eigenvalue weighted by atomic mass is 9.83. The third-order valence-electron chi connectivity index (χ3n) is 7.26. The first kappa shape index (κ1) is 28.5. The Bertz CT molecular complexity index is 1160. The topological polar surface area (TPSA) is 107 Å². The van der Waals surface area contributed by atoms with Crippen LogP contribution in [0, 0.1) is 5.92 Å². The molecule has 10 heteroatoms. The summed E-state index contributed by atoms with van der Waals surface area (Å²) >= 11 is 0. The molecule has 0 aliphatic carbocycles. The summed E-state index contributed by atoms with van der Waals surface area (Å²) in [5.74, 6) is -0.151. The molecule has 2 heterocycles. The van der Waals surface area contributed by atoms with Gasteiger partial charge in [-0.25, -0.2) is 5.06 Å². The summed E-state index contributed by atoms with van der Waals surface area (Å²) in [5, 5.41) is 11.9.